The largest absolute Gasteiger partial charge is 0.490 e. The van der Waals surface area contributed by atoms with Gasteiger partial charge in [-0.2, -0.15) is 13.2 Å². The molecule has 0 radical (unpaired) electrons. The topological polar surface area (TPSA) is 123 Å². The molecule has 0 saturated carbocycles. The molecule has 106 valence electrons. The third-order valence-electron chi connectivity index (χ3n) is 1.91. The standard InChI is InChI=1S/C7H14N2O2.C2HF3O2/c1-7(2,6(9)11)4-3-5(8)10;3-2(4,5)1(6)7/h3-4H2,1-2H3,(H2,8,10)(H2,9,11);(H,6,7). The van der Waals surface area contributed by atoms with Crippen LogP contribution < -0.4 is 11.5 Å². The quantitative estimate of drug-likeness (QED) is 0.685. The number of hydrogen-bond donors (Lipinski definition) is 3. The highest BCUT2D eigenvalue weighted by atomic mass is 19.4. The Labute approximate surface area is 101 Å². The molecule has 5 N–H and O–H groups in total. The normalized spacial score (nSPS) is 11.2. The maximum atomic E-state index is 10.7. The van der Waals surface area contributed by atoms with Gasteiger partial charge in [0, 0.05) is 11.8 Å². The molecule has 0 aromatic carbocycles. The van der Waals surface area contributed by atoms with Crippen LogP contribution in [0.2, 0.25) is 0 Å². The zero-order valence-corrected chi connectivity index (χ0v) is 9.87. The molecule has 0 aromatic rings. The fourth-order valence-electron chi connectivity index (χ4n) is 0.559. The summed E-state index contributed by atoms with van der Waals surface area (Å²) in [4.78, 5) is 29.9. The number of carbonyl (C=O) groups excluding carboxylic acids is 2. The lowest BCUT2D eigenvalue weighted by molar-refractivity contribution is -0.192. The molecule has 0 fully saturated rings. The Hall–Kier alpha value is -1.80. The highest BCUT2D eigenvalue weighted by Crippen LogP contribution is 2.20. The van der Waals surface area contributed by atoms with Crippen LogP contribution in [-0.2, 0) is 14.4 Å². The van der Waals surface area contributed by atoms with Crippen LogP contribution in [0.4, 0.5) is 13.2 Å². The molecule has 6 nitrogen and oxygen atoms in total. The van der Waals surface area contributed by atoms with Crippen LogP contribution in [0.1, 0.15) is 26.7 Å². The van der Waals surface area contributed by atoms with Crippen molar-refractivity contribution in [3.05, 3.63) is 0 Å². The van der Waals surface area contributed by atoms with Gasteiger partial charge < -0.3 is 16.6 Å². The molecule has 0 aromatic heterocycles. The number of halogens is 3. The van der Waals surface area contributed by atoms with E-state index in [9.17, 15) is 22.8 Å². The van der Waals surface area contributed by atoms with E-state index >= 15 is 0 Å². The minimum absolute atomic E-state index is 0.204. The average Bonchev–Trinajstić information content (AvgIpc) is 2.14. The molecule has 0 aliphatic heterocycles. The molecule has 0 bridgehead atoms. The number of aliphatic carboxylic acids is 1. The number of carbonyl (C=O) groups is 3. The summed E-state index contributed by atoms with van der Waals surface area (Å²) < 4.78 is 31.7. The van der Waals surface area contributed by atoms with Crippen molar-refractivity contribution >= 4 is 17.8 Å². The van der Waals surface area contributed by atoms with Gasteiger partial charge >= 0.3 is 12.1 Å². The van der Waals surface area contributed by atoms with E-state index in [2.05, 4.69) is 0 Å². The Morgan fingerprint density at radius 1 is 1.11 bits per heavy atom. The lowest BCUT2D eigenvalue weighted by Gasteiger charge is -2.18. The van der Waals surface area contributed by atoms with Crippen molar-refractivity contribution in [3.63, 3.8) is 0 Å². The molecule has 0 unspecified atom stereocenters. The van der Waals surface area contributed by atoms with Gasteiger partial charge in [-0.05, 0) is 6.42 Å². The number of alkyl halides is 3. The first-order valence-corrected chi connectivity index (χ1v) is 4.69. The van der Waals surface area contributed by atoms with E-state index < -0.39 is 29.4 Å². The Balaban J connectivity index is 0. The van der Waals surface area contributed by atoms with Gasteiger partial charge in [0.05, 0.1) is 0 Å². The molecule has 9 heteroatoms. The highest BCUT2D eigenvalue weighted by molar-refractivity contribution is 5.81. The third kappa shape index (κ3) is 9.43. The van der Waals surface area contributed by atoms with Gasteiger partial charge in [-0.25, -0.2) is 4.79 Å². The van der Waals surface area contributed by atoms with Crippen molar-refractivity contribution in [1.82, 2.24) is 0 Å². The summed E-state index contributed by atoms with van der Waals surface area (Å²) in [6, 6.07) is 0. The molecule has 18 heavy (non-hydrogen) atoms. The van der Waals surface area contributed by atoms with Gasteiger partial charge in [0.2, 0.25) is 11.8 Å². The van der Waals surface area contributed by atoms with Crippen LogP contribution >= 0.6 is 0 Å². The number of amides is 2. The summed E-state index contributed by atoms with van der Waals surface area (Å²) in [5.74, 6) is -3.56. The average molecular weight is 272 g/mol. The minimum atomic E-state index is -5.08. The minimum Gasteiger partial charge on any atom is -0.475 e. The number of nitrogens with two attached hydrogens (primary N) is 2. The number of hydrogen-bond acceptors (Lipinski definition) is 3. The molecule has 0 rings (SSSR count). The number of carboxylic acids is 1. The second-order valence-electron chi connectivity index (χ2n) is 4.02. The molecular weight excluding hydrogens is 257 g/mol. The van der Waals surface area contributed by atoms with Crippen LogP contribution in [0.15, 0.2) is 0 Å². The number of carboxylic acid groups (broad SMARTS) is 1. The monoisotopic (exact) mass is 272 g/mol. The third-order valence-corrected chi connectivity index (χ3v) is 1.91. The molecule has 0 heterocycles. The van der Waals surface area contributed by atoms with E-state index in [-0.39, 0.29) is 6.42 Å². The van der Waals surface area contributed by atoms with Crippen molar-refractivity contribution in [3.8, 4) is 0 Å². The predicted octanol–water partition coefficient (Wildman–Crippen LogP) is 0.397. The Kier molecular flexibility index (Phi) is 7.03. The molecule has 0 aliphatic carbocycles. The van der Waals surface area contributed by atoms with Crippen molar-refractivity contribution in [2.24, 2.45) is 16.9 Å². The first kappa shape index (κ1) is 18.6. The second kappa shape index (κ2) is 6.82. The molecule has 2 amide bonds. The first-order chi connectivity index (χ1) is 7.80. The van der Waals surface area contributed by atoms with E-state index in [1.165, 1.54) is 0 Å². The van der Waals surface area contributed by atoms with Crippen LogP contribution in [0.5, 0.6) is 0 Å². The second-order valence-corrected chi connectivity index (χ2v) is 4.02. The van der Waals surface area contributed by atoms with Gasteiger partial charge in [0.15, 0.2) is 0 Å². The molecule has 0 aliphatic rings. The SMILES string of the molecule is CC(C)(CCC(N)=O)C(N)=O.O=C(O)C(F)(F)F. The predicted molar refractivity (Wildman–Crippen MR) is 55.1 cm³/mol. The van der Waals surface area contributed by atoms with E-state index in [4.69, 9.17) is 21.4 Å². The van der Waals surface area contributed by atoms with Crippen molar-refractivity contribution < 1.29 is 32.7 Å². The zero-order chi connectivity index (χ0) is 15.1. The van der Waals surface area contributed by atoms with E-state index in [1.807, 2.05) is 0 Å². The summed E-state index contributed by atoms with van der Waals surface area (Å²) in [5.41, 5.74) is 9.34. The zero-order valence-electron chi connectivity index (χ0n) is 9.87. The van der Waals surface area contributed by atoms with Crippen LogP contribution in [0.3, 0.4) is 0 Å². The Bertz CT molecular complexity index is 326. The van der Waals surface area contributed by atoms with Gasteiger partial charge in [0.1, 0.15) is 0 Å². The van der Waals surface area contributed by atoms with Gasteiger partial charge in [-0.15, -0.1) is 0 Å². The summed E-state index contributed by atoms with van der Waals surface area (Å²) in [5, 5.41) is 7.12. The lowest BCUT2D eigenvalue weighted by atomic mass is 9.87. The van der Waals surface area contributed by atoms with Crippen LogP contribution in [-0.4, -0.2) is 29.1 Å². The molecule has 0 spiro atoms. The molecule has 0 atom stereocenters. The Morgan fingerprint density at radius 2 is 1.44 bits per heavy atom. The summed E-state index contributed by atoms with van der Waals surface area (Å²) in [7, 11) is 0. The van der Waals surface area contributed by atoms with E-state index in [0.29, 0.717) is 6.42 Å². The van der Waals surface area contributed by atoms with E-state index in [1.54, 1.807) is 13.8 Å². The maximum Gasteiger partial charge on any atom is 0.490 e. The van der Waals surface area contributed by atoms with Gasteiger partial charge in [-0.1, -0.05) is 13.8 Å². The lowest BCUT2D eigenvalue weighted by Crippen LogP contribution is -2.32. The smallest absolute Gasteiger partial charge is 0.475 e. The molecule has 0 saturated heterocycles. The summed E-state index contributed by atoms with van der Waals surface area (Å²) in [6.07, 6.45) is -4.46. The number of primary amides is 2. The Morgan fingerprint density at radius 3 is 1.61 bits per heavy atom. The van der Waals surface area contributed by atoms with Crippen molar-refractivity contribution in [1.29, 1.82) is 0 Å². The van der Waals surface area contributed by atoms with E-state index in [0.717, 1.165) is 0 Å². The summed E-state index contributed by atoms with van der Waals surface area (Å²) in [6.45, 7) is 3.39. The fraction of sp³-hybridized carbons (Fsp3) is 0.667. The molecular formula is C9H15F3N2O4. The fourth-order valence-corrected chi connectivity index (χ4v) is 0.559. The van der Waals surface area contributed by atoms with Gasteiger partial charge in [-0.3, -0.25) is 9.59 Å². The first-order valence-electron chi connectivity index (χ1n) is 4.69. The van der Waals surface area contributed by atoms with Crippen molar-refractivity contribution in [2.45, 2.75) is 32.9 Å². The highest BCUT2D eigenvalue weighted by Gasteiger charge is 2.38. The van der Waals surface area contributed by atoms with Crippen LogP contribution in [0, 0.1) is 5.41 Å². The number of rotatable bonds is 4. The van der Waals surface area contributed by atoms with Crippen LogP contribution in [0.25, 0.3) is 0 Å². The summed E-state index contributed by atoms with van der Waals surface area (Å²) >= 11 is 0. The maximum absolute atomic E-state index is 10.7. The van der Waals surface area contributed by atoms with Gasteiger partial charge in [0.25, 0.3) is 0 Å². The van der Waals surface area contributed by atoms with Crippen molar-refractivity contribution in [2.75, 3.05) is 0 Å².